The predicted octanol–water partition coefficient (Wildman–Crippen LogP) is -5.33. The Morgan fingerprint density at radius 2 is 0.286 bits per heavy atom. The van der Waals surface area contributed by atoms with Crippen LogP contribution in [0.3, 0.4) is 0 Å². The molecular formula is H12KO6. The Kier molecular flexibility index (Phi) is 5220. The molecule has 0 amide bonds. The molecule has 0 rings (SSSR count). The monoisotopic (exact) mass is 147 g/mol. The van der Waals surface area contributed by atoms with Crippen molar-refractivity contribution < 1.29 is 32.9 Å². The van der Waals surface area contributed by atoms with Gasteiger partial charge >= 0.3 is 0 Å². The van der Waals surface area contributed by atoms with E-state index in [0.717, 1.165) is 0 Å². The van der Waals surface area contributed by atoms with E-state index >= 15 is 0 Å². The van der Waals surface area contributed by atoms with E-state index in [2.05, 4.69) is 0 Å². The van der Waals surface area contributed by atoms with Crippen molar-refractivity contribution >= 4 is 51.4 Å². The van der Waals surface area contributed by atoms with Crippen LogP contribution in [-0.2, 0) is 0 Å². The second kappa shape index (κ2) is 155. The van der Waals surface area contributed by atoms with Crippen LogP contribution in [0.25, 0.3) is 0 Å². The summed E-state index contributed by atoms with van der Waals surface area (Å²) in [6, 6.07) is 0. The Labute approximate surface area is 83.2 Å². The van der Waals surface area contributed by atoms with Gasteiger partial charge in [-0.2, -0.15) is 0 Å². The summed E-state index contributed by atoms with van der Waals surface area (Å²) in [5, 5.41) is 0. The van der Waals surface area contributed by atoms with Crippen molar-refractivity contribution in [3.05, 3.63) is 0 Å². The summed E-state index contributed by atoms with van der Waals surface area (Å²) < 4.78 is 0. The first-order valence-electron chi connectivity index (χ1n) is 0. The molecule has 0 unspecified atom stereocenters. The number of hydrogen-bond acceptors (Lipinski definition) is 0. The average Bonchev–Trinajstić information content (AvgIpc) is 0. The third-order valence-electron chi connectivity index (χ3n) is 0. The van der Waals surface area contributed by atoms with Gasteiger partial charge < -0.3 is 32.9 Å². The minimum absolute atomic E-state index is 0. The molecule has 0 spiro atoms. The van der Waals surface area contributed by atoms with Crippen molar-refractivity contribution in [2.45, 2.75) is 0 Å². The van der Waals surface area contributed by atoms with Crippen molar-refractivity contribution in [2.75, 3.05) is 0 Å². The quantitative estimate of drug-likeness (QED) is 0.296. The fraction of sp³-hybridized carbons (Fsp3) is 0. The molecule has 0 aliphatic carbocycles. The van der Waals surface area contributed by atoms with Gasteiger partial charge in [0, 0.05) is 51.4 Å². The fourth-order valence-corrected chi connectivity index (χ4v) is 0. The smallest absolute Gasteiger partial charge is 0 e. The van der Waals surface area contributed by atoms with Crippen LogP contribution in [0.2, 0.25) is 0 Å². The molecule has 0 heterocycles. The van der Waals surface area contributed by atoms with E-state index in [1.807, 2.05) is 0 Å². The van der Waals surface area contributed by atoms with Gasteiger partial charge in [-0.25, -0.2) is 0 Å². The summed E-state index contributed by atoms with van der Waals surface area (Å²) in [5.74, 6) is 0. The normalized spacial score (nSPS) is 0. The third kappa shape index (κ3) is 110. The van der Waals surface area contributed by atoms with Gasteiger partial charge in [0.2, 0.25) is 0 Å². The Morgan fingerprint density at radius 3 is 0.286 bits per heavy atom. The van der Waals surface area contributed by atoms with Gasteiger partial charge in [0.05, 0.1) is 0 Å². The van der Waals surface area contributed by atoms with Gasteiger partial charge in [-0.3, -0.25) is 0 Å². The summed E-state index contributed by atoms with van der Waals surface area (Å²) in [6.07, 6.45) is 0. The fourth-order valence-electron chi connectivity index (χ4n) is 0. The molecule has 0 aromatic carbocycles. The van der Waals surface area contributed by atoms with Crippen LogP contribution in [0.15, 0.2) is 0 Å². The van der Waals surface area contributed by atoms with Gasteiger partial charge in [-0.1, -0.05) is 0 Å². The predicted molar refractivity (Wildman–Crippen MR) is 27.4 cm³/mol. The van der Waals surface area contributed by atoms with Crippen LogP contribution >= 0.6 is 0 Å². The molecule has 0 aliphatic rings. The molecule has 1 radical (unpaired) electrons. The average molecular weight is 147 g/mol. The maximum absolute atomic E-state index is 0. The maximum Gasteiger partial charge on any atom is 0 e. The largest absolute Gasteiger partial charge is 0.412 e. The van der Waals surface area contributed by atoms with Gasteiger partial charge in [-0.15, -0.1) is 0 Å². The minimum atomic E-state index is 0. The molecule has 0 fully saturated rings. The zero-order chi connectivity index (χ0) is 0. The number of hydrogen-bond donors (Lipinski definition) is 0. The van der Waals surface area contributed by atoms with E-state index < -0.39 is 0 Å². The second-order valence-electron chi connectivity index (χ2n) is 0. The van der Waals surface area contributed by atoms with Gasteiger partial charge in [0.1, 0.15) is 0 Å². The van der Waals surface area contributed by atoms with E-state index in [9.17, 15) is 0 Å². The van der Waals surface area contributed by atoms with Crippen molar-refractivity contribution in [1.29, 1.82) is 0 Å². The van der Waals surface area contributed by atoms with Crippen LogP contribution in [-0.4, -0.2) is 84.2 Å². The molecule has 0 saturated carbocycles. The number of rotatable bonds is 0. The third-order valence-corrected chi connectivity index (χ3v) is 0. The minimum Gasteiger partial charge on any atom is -0.412 e. The zero-order valence-electron chi connectivity index (χ0n) is 4.00. The standard InChI is InChI=1S/K.6H2O/h;6*1H2. The Hall–Kier alpha value is 1.40. The topological polar surface area (TPSA) is 189 Å². The maximum atomic E-state index is 0. The molecule has 49 valence electrons. The molecule has 0 bridgehead atoms. The first-order valence-corrected chi connectivity index (χ1v) is 0. The summed E-state index contributed by atoms with van der Waals surface area (Å²) in [7, 11) is 0. The summed E-state index contributed by atoms with van der Waals surface area (Å²) in [4.78, 5) is 0. The summed E-state index contributed by atoms with van der Waals surface area (Å²) in [5.41, 5.74) is 0. The van der Waals surface area contributed by atoms with E-state index in [1.165, 1.54) is 0 Å². The first-order chi connectivity index (χ1) is 0. The van der Waals surface area contributed by atoms with Crippen LogP contribution in [0, 0.1) is 0 Å². The molecule has 7 heteroatoms. The van der Waals surface area contributed by atoms with E-state index in [4.69, 9.17) is 0 Å². The summed E-state index contributed by atoms with van der Waals surface area (Å²) >= 11 is 0. The van der Waals surface area contributed by atoms with Gasteiger partial charge in [-0.05, 0) is 0 Å². The van der Waals surface area contributed by atoms with Crippen molar-refractivity contribution in [2.24, 2.45) is 0 Å². The second-order valence-corrected chi connectivity index (χ2v) is 0. The molecular weight excluding hydrogens is 135 g/mol. The van der Waals surface area contributed by atoms with E-state index in [-0.39, 0.29) is 84.2 Å². The van der Waals surface area contributed by atoms with Gasteiger partial charge in [0.15, 0.2) is 0 Å². The molecule has 7 heavy (non-hydrogen) atoms. The Bertz CT molecular complexity index is 4.14. The molecule has 0 atom stereocenters. The summed E-state index contributed by atoms with van der Waals surface area (Å²) in [6.45, 7) is 0. The van der Waals surface area contributed by atoms with Crippen molar-refractivity contribution in [1.82, 2.24) is 0 Å². The Balaban J connectivity index is 0. The molecule has 12 N–H and O–H groups in total. The molecule has 0 aliphatic heterocycles. The van der Waals surface area contributed by atoms with Gasteiger partial charge in [0.25, 0.3) is 0 Å². The zero-order valence-corrected chi connectivity index (χ0v) is 7.12. The SMILES string of the molecule is O.O.O.O.O.O.[K]. The molecule has 0 aromatic rings. The van der Waals surface area contributed by atoms with Crippen LogP contribution in [0.5, 0.6) is 0 Å². The molecule has 6 nitrogen and oxygen atoms in total. The van der Waals surface area contributed by atoms with Crippen LogP contribution in [0.1, 0.15) is 0 Å². The van der Waals surface area contributed by atoms with Crippen molar-refractivity contribution in [3.63, 3.8) is 0 Å². The Morgan fingerprint density at radius 1 is 0.286 bits per heavy atom. The van der Waals surface area contributed by atoms with Crippen molar-refractivity contribution in [3.8, 4) is 0 Å². The molecule has 0 aromatic heterocycles. The van der Waals surface area contributed by atoms with E-state index in [0.29, 0.717) is 0 Å². The first kappa shape index (κ1) is 236. The molecule has 0 saturated heterocycles. The van der Waals surface area contributed by atoms with E-state index in [1.54, 1.807) is 0 Å². The van der Waals surface area contributed by atoms with Crippen LogP contribution in [0.4, 0.5) is 0 Å². The van der Waals surface area contributed by atoms with Crippen LogP contribution < -0.4 is 0 Å².